The number of hydrogen-bond acceptors (Lipinski definition) is 5. The van der Waals surface area contributed by atoms with Gasteiger partial charge in [0.2, 0.25) is 0 Å². The molecule has 1 aliphatic rings. The molecule has 3 N–H and O–H groups in total. The first-order valence-corrected chi connectivity index (χ1v) is 13.3. The van der Waals surface area contributed by atoms with Crippen molar-refractivity contribution >= 4 is 54.2 Å². The van der Waals surface area contributed by atoms with E-state index in [0.717, 1.165) is 41.1 Å². The lowest BCUT2D eigenvalue weighted by Crippen LogP contribution is -2.25. The number of aromatic nitrogens is 1. The van der Waals surface area contributed by atoms with Crippen molar-refractivity contribution in [2.24, 2.45) is 0 Å². The van der Waals surface area contributed by atoms with Gasteiger partial charge in [-0.05, 0) is 67.1 Å². The zero-order valence-electron chi connectivity index (χ0n) is 18.3. The third-order valence-corrected chi connectivity index (χ3v) is 7.71. The topological polar surface area (TPSA) is 108 Å². The van der Waals surface area contributed by atoms with Crippen LogP contribution < -0.4 is 10.0 Å². The van der Waals surface area contributed by atoms with Gasteiger partial charge < -0.3 is 10.4 Å². The van der Waals surface area contributed by atoms with E-state index < -0.39 is 16.0 Å². The first-order valence-electron chi connectivity index (χ1n) is 11.0. The fourth-order valence-electron chi connectivity index (χ4n) is 4.23. The Balaban J connectivity index is 1.81. The average molecular weight is 532 g/mol. The van der Waals surface area contributed by atoms with Crippen LogP contribution in [0.15, 0.2) is 52.0 Å². The molecular formula is C24H26BrN3O4S. The van der Waals surface area contributed by atoms with E-state index in [1.54, 1.807) is 18.2 Å². The number of aromatic carboxylic acids is 1. The summed E-state index contributed by atoms with van der Waals surface area (Å²) in [7, 11) is -3.79. The molecule has 174 valence electrons. The van der Waals surface area contributed by atoms with Crippen molar-refractivity contribution in [3.8, 4) is 0 Å². The molecule has 9 heteroatoms. The van der Waals surface area contributed by atoms with Crippen LogP contribution >= 0.6 is 15.9 Å². The second-order valence-electron chi connectivity index (χ2n) is 8.32. The van der Waals surface area contributed by atoms with E-state index in [0.29, 0.717) is 35.8 Å². The normalized spacial score (nSPS) is 14.6. The zero-order valence-corrected chi connectivity index (χ0v) is 20.7. The van der Waals surface area contributed by atoms with Gasteiger partial charge in [-0.15, -0.1) is 0 Å². The Kier molecular flexibility index (Phi) is 7.02. The Morgan fingerprint density at radius 3 is 2.61 bits per heavy atom. The molecule has 1 fully saturated rings. The van der Waals surface area contributed by atoms with Gasteiger partial charge in [0, 0.05) is 28.2 Å². The quantitative estimate of drug-likeness (QED) is 0.339. The van der Waals surface area contributed by atoms with Gasteiger partial charge in [-0.2, -0.15) is 0 Å². The van der Waals surface area contributed by atoms with Crippen LogP contribution in [0.5, 0.6) is 0 Å². The molecule has 0 radical (unpaired) electrons. The maximum Gasteiger partial charge on any atom is 0.335 e. The highest BCUT2D eigenvalue weighted by Gasteiger charge is 2.21. The molecule has 0 saturated heterocycles. The lowest BCUT2D eigenvalue weighted by Gasteiger charge is -2.16. The molecule has 0 bridgehead atoms. The molecule has 2 aromatic carbocycles. The second kappa shape index (κ2) is 9.79. The van der Waals surface area contributed by atoms with Crippen LogP contribution in [0.2, 0.25) is 0 Å². The largest absolute Gasteiger partial charge is 0.478 e. The third-order valence-electron chi connectivity index (χ3n) is 5.87. The SMILES string of the molecule is CCCNS(=O)(=O)c1cc(Nc2cc(C(=O)O)cc(C3CCCC3)c2)c2ccc(Br)cc2n1. The van der Waals surface area contributed by atoms with Gasteiger partial charge >= 0.3 is 5.97 Å². The Hall–Kier alpha value is -2.49. The first kappa shape index (κ1) is 23.7. The molecule has 4 rings (SSSR count). The summed E-state index contributed by atoms with van der Waals surface area (Å²) in [5.41, 5.74) is 2.87. The Morgan fingerprint density at radius 2 is 1.91 bits per heavy atom. The van der Waals surface area contributed by atoms with Gasteiger partial charge in [0.1, 0.15) is 0 Å². The lowest BCUT2D eigenvalue weighted by molar-refractivity contribution is 0.0696. The van der Waals surface area contributed by atoms with Crippen LogP contribution in [-0.4, -0.2) is 31.0 Å². The summed E-state index contributed by atoms with van der Waals surface area (Å²) in [6.45, 7) is 2.20. The van der Waals surface area contributed by atoms with Crippen molar-refractivity contribution in [3.63, 3.8) is 0 Å². The minimum atomic E-state index is -3.79. The molecule has 33 heavy (non-hydrogen) atoms. The van der Waals surface area contributed by atoms with Gasteiger partial charge in [-0.25, -0.2) is 22.9 Å². The van der Waals surface area contributed by atoms with Crippen LogP contribution in [-0.2, 0) is 10.0 Å². The molecule has 1 aromatic heterocycles. The minimum absolute atomic E-state index is 0.0885. The standard InChI is InChI=1S/C24H26BrN3O4S/c1-2-9-26-33(31,32)23-14-22(20-8-7-18(25)13-21(20)28-23)27-19-11-16(15-5-3-4-6-15)10-17(12-19)24(29)30/h7-8,10-15,26H,2-6,9H2,1H3,(H,27,28)(H,29,30). The highest BCUT2D eigenvalue weighted by Crippen LogP contribution is 2.37. The van der Waals surface area contributed by atoms with Crippen molar-refractivity contribution in [2.75, 3.05) is 11.9 Å². The van der Waals surface area contributed by atoms with E-state index in [4.69, 9.17) is 0 Å². The smallest absolute Gasteiger partial charge is 0.335 e. The summed E-state index contributed by atoms with van der Waals surface area (Å²) >= 11 is 3.42. The van der Waals surface area contributed by atoms with Crippen LogP contribution in [0.4, 0.5) is 11.4 Å². The number of sulfonamides is 1. The molecule has 1 heterocycles. The summed E-state index contributed by atoms with van der Waals surface area (Å²) < 4.78 is 28.9. The molecule has 0 atom stereocenters. The van der Waals surface area contributed by atoms with Crippen LogP contribution in [0.25, 0.3) is 10.9 Å². The number of nitrogens with one attached hydrogen (secondary N) is 2. The predicted octanol–water partition coefficient (Wildman–Crippen LogP) is 5.79. The number of halogens is 1. The number of fused-ring (bicyclic) bond motifs is 1. The Morgan fingerprint density at radius 1 is 1.15 bits per heavy atom. The fourth-order valence-corrected chi connectivity index (χ4v) is 5.69. The van der Waals surface area contributed by atoms with E-state index >= 15 is 0 Å². The number of rotatable bonds is 8. The molecule has 1 saturated carbocycles. The Labute approximate surface area is 201 Å². The summed E-state index contributed by atoms with van der Waals surface area (Å²) in [5, 5.41) is 13.6. The molecule has 3 aromatic rings. The third kappa shape index (κ3) is 5.37. The highest BCUT2D eigenvalue weighted by molar-refractivity contribution is 9.10. The van der Waals surface area contributed by atoms with Gasteiger partial charge in [-0.3, -0.25) is 0 Å². The molecule has 0 aliphatic heterocycles. The van der Waals surface area contributed by atoms with E-state index in [2.05, 4.69) is 31.0 Å². The number of carboxylic acid groups (broad SMARTS) is 1. The van der Waals surface area contributed by atoms with Crippen LogP contribution in [0.1, 0.15) is 60.9 Å². The van der Waals surface area contributed by atoms with Crippen molar-refractivity contribution in [1.82, 2.24) is 9.71 Å². The fraction of sp³-hybridized carbons (Fsp3) is 0.333. The van der Waals surface area contributed by atoms with Gasteiger partial charge in [0.15, 0.2) is 5.03 Å². The van der Waals surface area contributed by atoms with E-state index in [9.17, 15) is 18.3 Å². The first-order chi connectivity index (χ1) is 15.8. The maximum absolute atomic E-state index is 12.8. The summed E-state index contributed by atoms with van der Waals surface area (Å²) in [6, 6.07) is 12.3. The molecular weight excluding hydrogens is 506 g/mol. The summed E-state index contributed by atoms with van der Waals surface area (Å²) in [6.07, 6.45) is 5.02. The van der Waals surface area contributed by atoms with Gasteiger partial charge in [-0.1, -0.05) is 35.7 Å². The number of anilines is 2. The van der Waals surface area contributed by atoms with E-state index in [-0.39, 0.29) is 10.6 Å². The maximum atomic E-state index is 12.8. The molecule has 0 unspecified atom stereocenters. The van der Waals surface area contributed by atoms with Gasteiger partial charge in [0.25, 0.3) is 10.0 Å². The molecule has 1 aliphatic carbocycles. The van der Waals surface area contributed by atoms with Crippen molar-refractivity contribution in [1.29, 1.82) is 0 Å². The van der Waals surface area contributed by atoms with E-state index in [1.165, 1.54) is 6.07 Å². The van der Waals surface area contributed by atoms with Crippen LogP contribution in [0, 0.1) is 0 Å². The average Bonchev–Trinajstić information content (AvgIpc) is 3.32. The molecule has 7 nitrogen and oxygen atoms in total. The number of nitrogens with zero attached hydrogens (tertiary/aromatic N) is 1. The van der Waals surface area contributed by atoms with Crippen molar-refractivity contribution < 1.29 is 18.3 Å². The number of carboxylic acids is 1. The highest BCUT2D eigenvalue weighted by atomic mass is 79.9. The van der Waals surface area contributed by atoms with Crippen molar-refractivity contribution in [2.45, 2.75) is 50.0 Å². The molecule has 0 spiro atoms. The number of hydrogen-bond donors (Lipinski definition) is 3. The number of benzene rings is 2. The predicted molar refractivity (Wildman–Crippen MR) is 133 cm³/mol. The van der Waals surface area contributed by atoms with Crippen molar-refractivity contribution in [3.05, 3.63) is 58.1 Å². The minimum Gasteiger partial charge on any atom is -0.478 e. The number of carbonyl (C=O) groups is 1. The zero-order chi connectivity index (χ0) is 23.6. The molecule has 0 amide bonds. The van der Waals surface area contributed by atoms with Gasteiger partial charge in [0.05, 0.1) is 16.8 Å². The summed E-state index contributed by atoms with van der Waals surface area (Å²) in [5.74, 6) is -0.655. The Bertz CT molecular complexity index is 1300. The monoisotopic (exact) mass is 531 g/mol. The van der Waals surface area contributed by atoms with E-state index in [1.807, 2.05) is 25.1 Å². The van der Waals surface area contributed by atoms with Crippen LogP contribution in [0.3, 0.4) is 0 Å². The lowest BCUT2D eigenvalue weighted by atomic mass is 9.95. The second-order valence-corrected chi connectivity index (χ2v) is 11.0. The summed E-state index contributed by atoms with van der Waals surface area (Å²) in [4.78, 5) is 16.2. The number of pyridine rings is 1.